The van der Waals surface area contributed by atoms with Gasteiger partial charge in [0.05, 0.1) is 5.52 Å². The largest absolute Gasteiger partial charge is 0.372 e. The van der Waals surface area contributed by atoms with E-state index in [1.165, 1.54) is 109 Å². The molecule has 1 aromatic heterocycles. The van der Waals surface area contributed by atoms with Crippen molar-refractivity contribution in [3.63, 3.8) is 0 Å². The first-order valence-corrected chi connectivity index (χ1v) is 15.9. The molecule has 2 N–H and O–H groups in total. The van der Waals surface area contributed by atoms with Crippen molar-refractivity contribution in [1.29, 1.82) is 0 Å². The number of anilines is 1. The molecular formula is C32H51N5O. The van der Waals surface area contributed by atoms with E-state index in [0.29, 0.717) is 17.7 Å². The topological polar surface area (TPSA) is 64.3 Å². The van der Waals surface area contributed by atoms with E-state index in [2.05, 4.69) is 50.6 Å². The number of H-pyrrole nitrogens is 1. The number of aromatic nitrogens is 2. The highest BCUT2D eigenvalue weighted by Gasteiger charge is 2.30. The zero-order valence-corrected chi connectivity index (χ0v) is 23.9. The van der Waals surface area contributed by atoms with E-state index in [4.69, 9.17) is 0 Å². The lowest BCUT2D eigenvalue weighted by atomic mass is 9.91. The van der Waals surface area contributed by atoms with Gasteiger partial charge in [0.25, 0.3) is 5.91 Å². The molecule has 2 aromatic rings. The van der Waals surface area contributed by atoms with E-state index in [1.807, 2.05) is 0 Å². The molecule has 1 amide bonds. The summed E-state index contributed by atoms with van der Waals surface area (Å²) in [5, 5.41) is 12.0. The van der Waals surface area contributed by atoms with Crippen LogP contribution in [0.2, 0.25) is 0 Å². The zero-order chi connectivity index (χ0) is 26.2. The van der Waals surface area contributed by atoms with Crippen molar-refractivity contribution in [2.45, 2.75) is 121 Å². The number of hydrogen-bond acceptors (Lipinski definition) is 4. The number of nitrogens with zero attached hydrogens (tertiary/aromatic N) is 3. The molecule has 38 heavy (non-hydrogen) atoms. The predicted octanol–water partition coefficient (Wildman–Crippen LogP) is 7.06. The quantitative estimate of drug-likeness (QED) is 0.454. The average molecular weight is 522 g/mol. The Morgan fingerprint density at radius 3 is 2.29 bits per heavy atom. The highest BCUT2D eigenvalue weighted by atomic mass is 16.2. The number of carbonyl (C=O) groups excluding carboxylic acids is 1. The summed E-state index contributed by atoms with van der Waals surface area (Å²) in [6, 6.07) is 7.18. The SMILES string of the molecule is CN1CCCCCCCCCCCCC2CCC1CC(NC(=O)c1n[nH]c3ccc(N4CCCC4)cc13)C2. The summed E-state index contributed by atoms with van der Waals surface area (Å²) in [6.45, 7) is 3.38. The van der Waals surface area contributed by atoms with E-state index in [-0.39, 0.29) is 11.9 Å². The third-order valence-corrected chi connectivity index (χ3v) is 9.65. The van der Waals surface area contributed by atoms with E-state index in [9.17, 15) is 4.79 Å². The van der Waals surface area contributed by atoms with E-state index in [1.54, 1.807) is 0 Å². The van der Waals surface area contributed by atoms with Gasteiger partial charge in [0, 0.05) is 36.2 Å². The van der Waals surface area contributed by atoms with Crippen LogP contribution >= 0.6 is 0 Å². The molecule has 1 aromatic carbocycles. The van der Waals surface area contributed by atoms with Crippen molar-refractivity contribution in [2.24, 2.45) is 5.92 Å². The zero-order valence-electron chi connectivity index (χ0n) is 23.9. The number of carbonyl (C=O) groups is 1. The highest BCUT2D eigenvalue weighted by Crippen LogP contribution is 2.31. The first-order valence-electron chi connectivity index (χ1n) is 15.9. The Balaban J connectivity index is 1.28. The summed E-state index contributed by atoms with van der Waals surface area (Å²) in [4.78, 5) is 18.7. The van der Waals surface area contributed by atoms with Gasteiger partial charge in [-0.05, 0) is 82.7 Å². The van der Waals surface area contributed by atoms with Crippen LogP contribution in [0.5, 0.6) is 0 Å². The molecule has 3 fully saturated rings. The van der Waals surface area contributed by atoms with Gasteiger partial charge in [-0.3, -0.25) is 9.89 Å². The molecule has 1 saturated carbocycles. The van der Waals surface area contributed by atoms with Gasteiger partial charge in [-0.2, -0.15) is 5.10 Å². The van der Waals surface area contributed by atoms with Crippen LogP contribution in [0.15, 0.2) is 18.2 Å². The minimum absolute atomic E-state index is 0.0102. The fraction of sp³-hybridized carbons (Fsp3) is 0.750. The van der Waals surface area contributed by atoms with Gasteiger partial charge in [-0.1, -0.05) is 64.2 Å². The molecule has 1 aliphatic carbocycles. The number of nitrogens with one attached hydrogen (secondary N) is 2. The van der Waals surface area contributed by atoms with Crippen LogP contribution in [0.3, 0.4) is 0 Å². The first-order chi connectivity index (χ1) is 18.7. The van der Waals surface area contributed by atoms with Crippen molar-refractivity contribution in [1.82, 2.24) is 20.4 Å². The van der Waals surface area contributed by atoms with Crippen molar-refractivity contribution in [3.05, 3.63) is 23.9 Å². The smallest absolute Gasteiger partial charge is 0.272 e. The number of fused-ring (bicyclic) bond motifs is 4. The molecule has 6 heteroatoms. The Labute approximate surface area is 230 Å². The third-order valence-electron chi connectivity index (χ3n) is 9.65. The van der Waals surface area contributed by atoms with Gasteiger partial charge in [-0.15, -0.1) is 0 Å². The van der Waals surface area contributed by atoms with Crippen molar-refractivity contribution in [3.8, 4) is 0 Å². The standard InChI is InChI=1S/C32H51N5O/c1-36-19-11-9-7-5-3-2-4-6-8-10-14-25-15-16-27(36)23-26(22-25)33-32(38)31-29-24-28(37-20-12-13-21-37)17-18-30(29)34-35-31/h17-18,24-27H,2-16,19-23H2,1H3,(H,33,38)(H,34,35). The maximum absolute atomic E-state index is 13.6. The maximum atomic E-state index is 13.6. The summed E-state index contributed by atoms with van der Waals surface area (Å²) >= 11 is 0. The Morgan fingerprint density at radius 1 is 0.842 bits per heavy atom. The fourth-order valence-corrected chi connectivity index (χ4v) is 7.26. The highest BCUT2D eigenvalue weighted by molar-refractivity contribution is 6.05. The molecule has 2 bridgehead atoms. The van der Waals surface area contributed by atoms with Crippen LogP contribution in [-0.4, -0.2) is 59.8 Å². The lowest BCUT2D eigenvalue weighted by Crippen LogP contribution is -2.41. The monoisotopic (exact) mass is 521 g/mol. The molecule has 0 spiro atoms. The maximum Gasteiger partial charge on any atom is 0.272 e. The second-order valence-corrected chi connectivity index (χ2v) is 12.5. The second kappa shape index (κ2) is 13.8. The lowest BCUT2D eigenvalue weighted by molar-refractivity contribution is 0.0919. The normalized spacial score (nSPS) is 27.3. The number of benzene rings is 1. The molecule has 3 unspecified atom stereocenters. The van der Waals surface area contributed by atoms with Gasteiger partial charge in [0.2, 0.25) is 0 Å². The molecule has 6 nitrogen and oxygen atoms in total. The molecule has 3 atom stereocenters. The van der Waals surface area contributed by atoms with Gasteiger partial charge < -0.3 is 15.1 Å². The van der Waals surface area contributed by atoms with E-state index < -0.39 is 0 Å². The van der Waals surface area contributed by atoms with Crippen molar-refractivity contribution in [2.75, 3.05) is 31.6 Å². The van der Waals surface area contributed by atoms with E-state index in [0.717, 1.165) is 36.8 Å². The van der Waals surface area contributed by atoms with E-state index >= 15 is 0 Å². The summed E-state index contributed by atoms with van der Waals surface area (Å²) in [7, 11) is 2.32. The van der Waals surface area contributed by atoms with Crippen LogP contribution in [0, 0.1) is 5.92 Å². The molecule has 3 heterocycles. The summed E-state index contributed by atoms with van der Waals surface area (Å²) in [5.74, 6) is 0.705. The van der Waals surface area contributed by atoms with Crippen LogP contribution in [0.1, 0.15) is 120 Å². The number of hydrogen-bond donors (Lipinski definition) is 2. The van der Waals surface area contributed by atoms with Gasteiger partial charge in [0.1, 0.15) is 0 Å². The van der Waals surface area contributed by atoms with Gasteiger partial charge in [0.15, 0.2) is 5.69 Å². The molecule has 2 aliphatic heterocycles. The number of aromatic amines is 1. The van der Waals surface area contributed by atoms with Crippen LogP contribution in [0.4, 0.5) is 5.69 Å². The second-order valence-electron chi connectivity index (χ2n) is 12.5. The van der Waals surface area contributed by atoms with Crippen LogP contribution in [0.25, 0.3) is 10.9 Å². The predicted molar refractivity (Wildman–Crippen MR) is 158 cm³/mol. The van der Waals surface area contributed by atoms with Crippen molar-refractivity contribution >= 4 is 22.5 Å². The van der Waals surface area contributed by atoms with Crippen LogP contribution in [-0.2, 0) is 0 Å². The third kappa shape index (κ3) is 7.31. The molecule has 3 aliphatic rings. The number of amides is 1. The minimum atomic E-state index is -0.0102. The Morgan fingerprint density at radius 2 is 1.53 bits per heavy atom. The lowest BCUT2D eigenvalue weighted by Gasteiger charge is -2.29. The Kier molecular flexibility index (Phi) is 10.00. The molecule has 0 radical (unpaired) electrons. The van der Waals surface area contributed by atoms with Gasteiger partial charge in [-0.25, -0.2) is 0 Å². The Bertz CT molecular complexity index is 1010. The minimum Gasteiger partial charge on any atom is -0.372 e. The van der Waals surface area contributed by atoms with Gasteiger partial charge >= 0.3 is 0 Å². The summed E-state index contributed by atoms with van der Waals surface area (Å²) in [6.07, 6.45) is 22.3. The summed E-state index contributed by atoms with van der Waals surface area (Å²) in [5.41, 5.74) is 2.71. The fourth-order valence-electron chi connectivity index (χ4n) is 7.26. The average Bonchev–Trinajstić information content (AvgIpc) is 3.56. The number of rotatable bonds is 3. The first kappa shape index (κ1) is 27.5. The summed E-state index contributed by atoms with van der Waals surface area (Å²) < 4.78 is 0. The van der Waals surface area contributed by atoms with Crippen LogP contribution < -0.4 is 10.2 Å². The Hall–Kier alpha value is -2.08. The molecule has 2 saturated heterocycles. The molecular weight excluding hydrogens is 470 g/mol. The molecule has 210 valence electrons. The van der Waals surface area contributed by atoms with Crippen molar-refractivity contribution < 1.29 is 4.79 Å². The molecule has 5 rings (SSSR count).